The van der Waals surface area contributed by atoms with Crippen LogP contribution >= 0.6 is 34.0 Å². The maximum absolute atomic E-state index is 4.88. The third kappa shape index (κ3) is 4.97. The van der Waals surface area contributed by atoms with Gasteiger partial charge >= 0.3 is 0 Å². The highest BCUT2D eigenvalue weighted by atomic mass is 32.1. The zero-order valence-corrected chi connectivity index (χ0v) is 26.9. The van der Waals surface area contributed by atoms with E-state index in [0.717, 1.165) is 49.2 Å². The maximum atomic E-state index is 4.88. The number of hydrogen-bond acceptors (Lipinski definition) is 6. The third-order valence-electron chi connectivity index (χ3n) is 8.24. The molecule has 0 fully saturated rings. The predicted octanol–water partition coefficient (Wildman–Crippen LogP) is 12.6. The second-order valence-electron chi connectivity index (χ2n) is 11.1. The Bertz CT molecular complexity index is 2220. The van der Waals surface area contributed by atoms with E-state index in [1.165, 1.54) is 30.6 Å². The summed E-state index contributed by atoms with van der Waals surface area (Å²) in [5.74, 6) is 0. The number of thiophene rings is 1. The number of nitrogens with zero attached hydrogens (tertiary/aromatic N) is 3. The van der Waals surface area contributed by atoms with Gasteiger partial charge in [-0.05, 0) is 125 Å². The summed E-state index contributed by atoms with van der Waals surface area (Å²) in [6, 6.07) is 51.9. The van der Waals surface area contributed by atoms with Crippen LogP contribution in [0.4, 0.5) is 17.1 Å². The summed E-state index contributed by atoms with van der Waals surface area (Å²) in [6.07, 6.45) is 0. The minimum Gasteiger partial charge on any atom is -0.311 e. The van der Waals surface area contributed by atoms with Crippen molar-refractivity contribution >= 4 is 81.6 Å². The van der Waals surface area contributed by atoms with Crippen LogP contribution in [0.5, 0.6) is 0 Å². The van der Waals surface area contributed by atoms with Gasteiger partial charge in [0.2, 0.25) is 0 Å². The van der Waals surface area contributed by atoms with Crippen molar-refractivity contribution in [2.24, 2.45) is 0 Å². The molecule has 9 rings (SSSR count). The highest BCUT2D eigenvalue weighted by Gasteiger charge is 2.15. The van der Waals surface area contributed by atoms with E-state index in [0.29, 0.717) is 0 Å². The molecule has 0 saturated heterocycles. The Morgan fingerprint density at radius 2 is 0.891 bits per heavy atom. The number of rotatable bonds is 6. The first-order chi connectivity index (χ1) is 22.7. The average Bonchev–Trinajstić information content (AvgIpc) is 3.87. The summed E-state index contributed by atoms with van der Waals surface area (Å²) < 4.78 is 3.72. The smallest absolute Gasteiger partial charge is 0.124 e. The summed E-state index contributed by atoms with van der Waals surface area (Å²) in [5, 5.41) is 5.51. The van der Waals surface area contributed by atoms with Gasteiger partial charge < -0.3 is 4.90 Å². The van der Waals surface area contributed by atoms with E-state index in [9.17, 15) is 0 Å². The standard InChI is InChI=1S/C40H25N3S3/c1-3-7-37-34(5-1)41-39(45-37)27-11-18-32(19-12-27)43(31-16-9-26(10-17-31)29-15-22-36-30(25-29)23-24-44-36)33-20-13-28(14-21-33)40-42-35-6-2-4-8-38(35)46-40/h1-25H. The van der Waals surface area contributed by atoms with Crippen LogP contribution in [0.25, 0.3) is 62.8 Å². The Morgan fingerprint density at radius 3 is 1.41 bits per heavy atom. The molecule has 6 heteroatoms. The van der Waals surface area contributed by atoms with Crippen LogP contribution in [0, 0.1) is 0 Å². The SMILES string of the molecule is c1ccc2sc(-c3ccc(N(c4ccc(-c5ccc6sccc6c5)cc4)c4ccc(-c5nc6ccccc6s5)cc4)cc3)nc2c1. The largest absolute Gasteiger partial charge is 0.311 e. The van der Waals surface area contributed by atoms with Gasteiger partial charge in [0, 0.05) is 32.9 Å². The number of benzene rings is 6. The van der Waals surface area contributed by atoms with E-state index in [1.807, 2.05) is 12.1 Å². The Hall–Kier alpha value is -5.14. The molecule has 0 unspecified atom stereocenters. The lowest BCUT2D eigenvalue weighted by molar-refractivity contribution is 1.28. The van der Waals surface area contributed by atoms with E-state index in [1.54, 1.807) is 34.0 Å². The highest BCUT2D eigenvalue weighted by Crippen LogP contribution is 2.39. The van der Waals surface area contributed by atoms with Gasteiger partial charge in [0.05, 0.1) is 20.4 Å². The van der Waals surface area contributed by atoms with Gasteiger partial charge in [-0.15, -0.1) is 34.0 Å². The number of anilines is 3. The number of hydrogen-bond donors (Lipinski definition) is 0. The van der Waals surface area contributed by atoms with Crippen LogP contribution in [0.1, 0.15) is 0 Å². The van der Waals surface area contributed by atoms with Gasteiger partial charge in [-0.25, -0.2) is 9.97 Å². The molecular formula is C40H25N3S3. The lowest BCUT2D eigenvalue weighted by atomic mass is 10.0. The molecular weight excluding hydrogens is 619 g/mol. The van der Waals surface area contributed by atoms with Gasteiger partial charge in [0.25, 0.3) is 0 Å². The monoisotopic (exact) mass is 643 g/mol. The first-order valence-electron chi connectivity index (χ1n) is 15.1. The Kier molecular flexibility index (Phi) is 6.70. The molecule has 0 amide bonds. The predicted molar refractivity (Wildman–Crippen MR) is 199 cm³/mol. The maximum Gasteiger partial charge on any atom is 0.124 e. The van der Waals surface area contributed by atoms with Crippen LogP contribution < -0.4 is 4.90 Å². The van der Waals surface area contributed by atoms with E-state index in [2.05, 4.69) is 144 Å². The number of aromatic nitrogens is 2. The van der Waals surface area contributed by atoms with Crippen LogP contribution in [-0.4, -0.2) is 9.97 Å². The summed E-state index contributed by atoms with van der Waals surface area (Å²) in [4.78, 5) is 12.1. The Labute approximate surface area is 278 Å². The molecule has 0 aliphatic rings. The molecule has 0 aliphatic heterocycles. The lowest BCUT2D eigenvalue weighted by Gasteiger charge is -2.26. The normalized spacial score (nSPS) is 11.5. The Balaban J connectivity index is 1.09. The zero-order valence-electron chi connectivity index (χ0n) is 24.5. The molecule has 0 bridgehead atoms. The second kappa shape index (κ2) is 11.3. The van der Waals surface area contributed by atoms with Crippen molar-refractivity contribution < 1.29 is 0 Å². The molecule has 46 heavy (non-hydrogen) atoms. The molecule has 0 spiro atoms. The van der Waals surface area contributed by atoms with Crippen LogP contribution in [0.3, 0.4) is 0 Å². The van der Waals surface area contributed by atoms with Crippen LogP contribution in [0.2, 0.25) is 0 Å². The van der Waals surface area contributed by atoms with Gasteiger partial charge in [0.15, 0.2) is 0 Å². The molecule has 3 heterocycles. The molecule has 9 aromatic rings. The first kappa shape index (κ1) is 27.2. The summed E-state index contributed by atoms with van der Waals surface area (Å²) in [5.41, 5.74) is 10.0. The zero-order chi connectivity index (χ0) is 30.5. The van der Waals surface area contributed by atoms with Gasteiger partial charge in [-0.2, -0.15) is 0 Å². The number of para-hydroxylation sites is 2. The highest BCUT2D eigenvalue weighted by molar-refractivity contribution is 7.22. The minimum absolute atomic E-state index is 1.03. The summed E-state index contributed by atoms with van der Waals surface area (Å²) in [6.45, 7) is 0. The summed E-state index contributed by atoms with van der Waals surface area (Å²) >= 11 is 5.24. The van der Waals surface area contributed by atoms with Crippen molar-refractivity contribution in [2.75, 3.05) is 4.90 Å². The third-order valence-corrected chi connectivity index (χ3v) is 11.3. The van der Waals surface area contributed by atoms with Crippen molar-refractivity contribution in [1.82, 2.24) is 9.97 Å². The van der Waals surface area contributed by atoms with E-state index in [4.69, 9.17) is 9.97 Å². The lowest BCUT2D eigenvalue weighted by Crippen LogP contribution is -2.09. The van der Waals surface area contributed by atoms with Crippen LogP contribution in [-0.2, 0) is 0 Å². The van der Waals surface area contributed by atoms with Gasteiger partial charge in [-0.3, -0.25) is 0 Å². The van der Waals surface area contributed by atoms with Crippen molar-refractivity contribution in [2.45, 2.75) is 0 Å². The molecule has 6 aromatic carbocycles. The fraction of sp³-hybridized carbons (Fsp3) is 0. The van der Waals surface area contributed by atoms with Crippen molar-refractivity contribution in [3.05, 3.63) is 151 Å². The van der Waals surface area contributed by atoms with Crippen LogP contribution in [0.15, 0.2) is 151 Å². The quantitative estimate of drug-likeness (QED) is 0.181. The minimum atomic E-state index is 1.03. The van der Waals surface area contributed by atoms with E-state index in [-0.39, 0.29) is 0 Å². The van der Waals surface area contributed by atoms with E-state index < -0.39 is 0 Å². The second-order valence-corrected chi connectivity index (χ2v) is 14.1. The summed E-state index contributed by atoms with van der Waals surface area (Å²) in [7, 11) is 0. The fourth-order valence-corrected chi connectivity index (χ4v) is 8.61. The van der Waals surface area contributed by atoms with Crippen molar-refractivity contribution in [1.29, 1.82) is 0 Å². The topological polar surface area (TPSA) is 29.0 Å². The molecule has 0 saturated carbocycles. The first-order valence-corrected chi connectivity index (χ1v) is 17.6. The molecule has 0 aliphatic carbocycles. The molecule has 0 atom stereocenters. The molecule has 3 nitrogen and oxygen atoms in total. The number of fused-ring (bicyclic) bond motifs is 3. The van der Waals surface area contributed by atoms with Gasteiger partial charge in [0.1, 0.15) is 10.0 Å². The molecule has 218 valence electrons. The molecule has 0 N–H and O–H groups in total. The fourth-order valence-electron chi connectivity index (χ4n) is 5.89. The molecule has 0 radical (unpaired) electrons. The van der Waals surface area contributed by atoms with Crippen molar-refractivity contribution in [3.63, 3.8) is 0 Å². The van der Waals surface area contributed by atoms with Gasteiger partial charge in [-0.1, -0.05) is 42.5 Å². The van der Waals surface area contributed by atoms with Crippen molar-refractivity contribution in [3.8, 4) is 32.3 Å². The molecule has 3 aromatic heterocycles. The van der Waals surface area contributed by atoms with E-state index >= 15 is 0 Å². The Morgan fingerprint density at radius 1 is 0.413 bits per heavy atom. The number of thiazole rings is 2. The average molecular weight is 644 g/mol.